The molecule has 2 aromatic rings. The first-order valence-corrected chi connectivity index (χ1v) is 6.33. The summed E-state index contributed by atoms with van der Waals surface area (Å²) in [7, 11) is 3.46. The van der Waals surface area contributed by atoms with Crippen molar-refractivity contribution in [1.29, 1.82) is 0 Å². The Labute approximate surface area is 126 Å². The van der Waals surface area contributed by atoms with E-state index >= 15 is 0 Å². The number of nitrogens with one attached hydrogen (secondary N) is 1. The third kappa shape index (κ3) is 3.65. The van der Waals surface area contributed by atoms with Gasteiger partial charge in [0.15, 0.2) is 11.5 Å². The fraction of sp³-hybridized carbons (Fsp3) is 0.250. The molecule has 0 radical (unpaired) electrons. The molecule has 20 heavy (non-hydrogen) atoms. The van der Waals surface area contributed by atoms with Crippen LogP contribution in [0.25, 0.3) is 0 Å². The molecule has 0 aliphatic rings. The highest BCUT2D eigenvalue weighted by molar-refractivity contribution is 5.85. The molecular weight excluding hydrogens is 274 g/mol. The number of hydrogen-bond donors (Lipinski definition) is 2. The van der Waals surface area contributed by atoms with Crippen molar-refractivity contribution in [2.75, 3.05) is 14.2 Å². The van der Waals surface area contributed by atoms with Gasteiger partial charge in [-0.25, -0.2) is 0 Å². The number of ether oxygens (including phenoxy) is 1. The average Bonchev–Trinajstić information content (AvgIpc) is 2.46. The second-order valence-corrected chi connectivity index (χ2v) is 4.43. The highest BCUT2D eigenvalue weighted by Crippen LogP contribution is 2.34. The Morgan fingerprint density at radius 2 is 1.80 bits per heavy atom. The van der Waals surface area contributed by atoms with E-state index < -0.39 is 0 Å². The van der Waals surface area contributed by atoms with Crippen molar-refractivity contribution in [1.82, 2.24) is 5.32 Å². The summed E-state index contributed by atoms with van der Waals surface area (Å²) >= 11 is 0. The van der Waals surface area contributed by atoms with E-state index in [2.05, 4.69) is 17.4 Å². The molecular formula is C16H20ClNO2. The van der Waals surface area contributed by atoms with Crippen LogP contribution < -0.4 is 10.1 Å². The summed E-state index contributed by atoms with van der Waals surface area (Å²) in [6.45, 7) is 0. The van der Waals surface area contributed by atoms with Gasteiger partial charge in [-0.1, -0.05) is 42.5 Å². The maximum atomic E-state index is 10.2. The maximum Gasteiger partial charge on any atom is 0.162 e. The molecule has 0 heterocycles. The molecule has 0 aromatic heterocycles. The molecule has 2 rings (SSSR count). The predicted molar refractivity (Wildman–Crippen MR) is 83.9 cm³/mol. The molecule has 0 aliphatic carbocycles. The third-order valence-electron chi connectivity index (χ3n) is 3.26. The van der Waals surface area contributed by atoms with Gasteiger partial charge in [-0.2, -0.15) is 0 Å². The van der Waals surface area contributed by atoms with Gasteiger partial charge in [0, 0.05) is 11.6 Å². The number of halogens is 1. The van der Waals surface area contributed by atoms with Crippen LogP contribution in [-0.4, -0.2) is 19.3 Å². The van der Waals surface area contributed by atoms with Gasteiger partial charge in [-0.15, -0.1) is 12.4 Å². The van der Waals surface area contributed by atoms with Gasteiger partial charge in [0.05, 0.1) is 7.11 Å². The van der Waals surface area contributed by atoms with E-state index in [4.69, 9.17) is 4.74 Å². The number of benzene rings is 2. The first kappa shape index (κ1) is 16.3. The molecule has 108 valence electrons. The first-order valence-electron chi connectivity index (χ1n) is 6.33. The number of likely N-dealkylation sites (N-methyl/N-ethyl adjacent to an activating group) is 1. The summed E-state index contributed by atoms with van der Waals surface area (Å²) in [6, 6.07) is 15.8. The van der Waals surface area contributed by atoms with Crippen LogP contribution in [0.5, 0.6) is 11.5 Å². The fourth-order valence-corrected chi connectivity index (χ4v) is 2.20. The van der Waals surface area contributed by atoms with Crippen LogP contribution in [0.2, 0.25) is 0 Å². The molecule has 0 spiro atoms. The lowest BCUT2D eigenvalue weighted by atomic mass is 9.98. The summed E-state index contributed by atoms with van der Waals surface area (Å²) in [6.07, 6.45) is 0.818. The van der Waals surface area contributed by atoms with Crippen molar-refractivity contribution < 1.29 is 9.84 Å². The lowest BCUT2D eigenvalue weighted by molar-refractivity contribution is 0.366. The second kappa shape index (κ2) is 7.78. The van der Waals surface area contributed by atoms with Crippen LogP contribution in [0.1, 0.15) is 17.2 Å². The van der Waals surface area contributed by atoms with Gasteiger partial charge < -0.3 is 15.2 Å². The molecule has 2 aromatic carbocycles. The Balaban J connectivity index is 0.00000200. The van der Waals surface area contributed by atoms with Gasteiger partial charge >= 0.3 is 0 Å². The summed E-state index contributed by atoms with van der Waals surface area (Å²) in [5.74, 6) is 0.714. The molecule has 1 unspecified atom stereocenters. The minimum atomic E-state index is 0. The number of phenolic OH excluding ortho intramolecular Hbond substituents is 1. The predicted octanol–water partition coefficient (Wildman–Crippen LogP) is 3.33. The molecule has 2 N–H and O–H groups in total. The lowest BCUT2D eigenvalue weighted by Crippen LogP contribution is -2.19. The summed E-state index contributed by atoms with van der Waals surface area (Å²) in [5.41, 5.74) is 2.08. The van der Waals surface area contributed by atoms with Gasteiger partial charge in [0.2, 0.25) is 0 Å². The zero-order valence-electron chi connectivity index (χ0n) is 11.7. The van der Waals surface area contributed by atoms with Crippen molar-refractivity contribution in [3.63, 3.8) is 0 Å². The van der Waals surface area contributed by atoms with Crippen LogP contribution in [0.15, 0.2) is 48.5 Å². The topological polar surface area (TPSA) is 41.5 Å². The van der Waals surface area contributed by atoms with E-state index in [0.717, 1.165) is 12.0 Å². The number of hydrogen-bond acceptors (Lipinski definition) is 3. The van der Waals surface area contributed by atoms with Crippen molar-refractivity contribution >= 4 is 12.4 Å². The Hall–Kier alpha value is -1.71. The van der Waals surface area contributed by atoms with E-state index in [1.807, 2.05) is 37.4 Å². The van der Waals surface area contributed by atoms with E-state index in [9.17, 15) is 5.11 Å². The largest absolute Gasteiger partial charge is 0.504 e. The van der Waals surface area contributed by atoms with E-state index in [1.165, 1.54) is 5.56 Å². The van der Waals surface area contributed by atoms with Crippen LogP contribution in [0, 0.1) is 0 Å². The molecule has 1 atom stereocenters. The average molecular weight is 294 g/mol. The molecule has 0 fully saturated rings. The lowest BCUT2D eigenvalue weighted by Gasteiger charge is -2.19. The van der Waals surface area contributed by atoms with Crippen molar-refractivity contribution in [2.24, 2.45) is 0 Å². The van der Waals surface area contributed by atoms with Gasteiger partial charge in [0.25, 0.3) is 0 Å². The highest BCUT2D eigenvalue weighted by atomic mass is 35.5. The molecule has 0 amide bonds. The Kier molecular flexibility index (Phi) is 6.36. The first-order chi connectivity index (χ1) is 9.26. The minimum Gasteiger partial charge on any atom is -0.504 e. The maximum absolute atomic E-state index is 10.2. The second-order valence-electron chi connectivity index (χ2n) is 4.43. The third-order valence-corrected chi connectivity index (χ3v) is 3.26. The van der Waals surface area contributed by atoms with E-state index in [0.29, 0.717) is 5.75 Å². The van der Waals surface area contributed by atoms with Crippen LogP contribution in [-0.2, 0) is 6.42 Å². The van der Waals surface area contributed by atoms with Crippen molar-refractivity contribution in [3.8, 4) is 11.5 Å². The SMILES string of the molecule is CNC(Cc1ccccc1)c1cccc(OC)c1O.Cl. The Bertz CT molecular complexity index is 531. The Morgan fingerprint density at radius 3 is 2.40 bits per heavy atom. The van der Waals surface area contributed by atoms with Crippen molar-refractivity contribution in [3.05, 3.63) is 59.7 Å². The van der Waals surface area contributed by atoms with E-state index in [1.54, 1.807) is 13.2 Å². The van der Waals surface area contributed by atoms with Gasteiger partial charge in [-0.3, -0.25) is 0 Å². The molecule has 4 heteroatoms. The molecule has 0 bridgehead atoms. The highest BCUT2D eigenvalue weighted by Gasteiger charge is 2.16. The smallest absolute Gasteiger partial charge is 0.162 e. The molecule has 0 saturated carbocycles. The molecule has 0 aliphatic heterocycles. The van der Waals surface area contributed by atoms with Crippen molar-refractivity contribution in [2.45, 2.75) is 12.5 Å². The zero-order chi connectivity index (χ0) is 13.7. The molecule has 0 saturated heterocycles. The number of rotatable bonds is 5. The fourth-order valence-electron chi connectivity index (χ4n) is 2.20. The number of methoxy groups -OCH3 is 1. The van der Waals surface area contributed by atoms with Crippen LogP contribution >= 0.6 is 12.4 Å². The van der Waals surface area contributed by atoms with Gasteiger partial charge in [-0.05, 0) is 25.1 Å². The minimum absolute atomic E-state index is 0. The number of aromatic hydroxyl groups is 1. The molecule has 3 nitrogen and oxygen atoms in total. The Morgan fingerprint density at radius 1 is 1.10 bits per heavy atom. The summed E-state index contributed by atoms with van der Waals surface area (Å²) in [5, 5.41) is 13.4. The van der Waals surface area contributed by atoms with E-state index in [-0.39, 0.29) is 24.2 Å². The van der Waals surface area contributed by atoms with Crippen LogP contribution in [0.3, 0.4) is 0 Å². The quantitative estimate of drug-likeness (QED) is 0.888. The van der Waals surface area contributed by atoms with Gasteiger partial charge in [0.1, 0.15) is 0 Å². The standard InChI is InChI=1S/C16H19NO2.ClH/c1-17-14(11-12-7-4-3-5-8-12)13-9-6-10-15(19-2)16(13)18;/h3-10,14,17-18H,11H2,1-2H3;1H. The zero-order valence-corrected chi connectivity index (χ0v) is 12.5. The number of phenols is 1. The summed E-state index contributed by atoms with van der Waals surface area (Å²) < 4.78 is 5.15. The summed E-state index contributed by atoms with van der Waals surface area (Å²) in [4.78, 5) is 0. The normalized spacial score (nSPS) is 11.5. The van der Waals surface area contributed by atoms with Crippen LogP contribution in [0.4, 0.5) is 0 Å². The number of para-hydroxylation sites is 1. The monoisotopic (exact) mass is 293 g/mol.